The van der Waals surface area contributed by atoms with Crippen LogP contribution in [0.3, 0.4) is 0 Å². The van der Waals surface area contributed by atoms with Crippen molar-refractivity contribution in [1.29, 1.82) is 0 Å². The zero-order chi connectivity index (χ0) is 14.5. The van der Waals surface area contributed by atoms with Crippen molar-refractivity contribution in [3.63, 3.8) is 0 Å². The van der Waals surface area contributed by atoms with Crippen LogP contribution in [0.15, 0.2) is 34.1 Å². The molecule has 0 radical (unpaired) electrons. The van der Waals surface area contributed by atoms with Gasteiger partial charge in [-0.05, 0) is 32.9 Å². The number of rotatable bonds is 8. The molecule has 0 aliphatic heterocycles. The van der Waals surface area contributed by atoms with Crippen LogP contribution in [0.5, 0.6) is 0 Å². The highest BCUT2D eigenvalue weighted by Gasteiger charge is 1.97. The van der Waals surface area contributed by atoms with Crippen molar-refractivity contribution in [2.45, 2.75) is 40.5 Å². The minimum atomic E-state index is 0.631. The summed E-state index contributed by atoms with van der Waals surface area (Å²) in [6, 6.07) is 0. The van der Waals surface area contributed by atoms with Crippen LogP contribution in [0.25, 0.3) is 0 Å². The summed E-state index contributed by atoms with van der Waals surface area (Å²) in [5.41, 5.74) is 1.60. The Morgan fingerprint density at radius 1 is 1.32 bits per heavy atom. The van der Waals surface area contributed by atoms with Gasteiger partial charge in [0.25, 0.3) is 0 Å². The van der Waals surface area contributed by atoms with Crippen LogP contribution in [-0.4, -0.2) is 22.9 Å². The quantitative estimate of drug-likeness (QED) is 0.185. The van der Waals surface area contributed by atoms with E-state index < -0.39 is 0 Å². The number of allylic oxidation sites excluding steroid dienone is 3. The Morgan fingerprint density at radius 2 is 2.05 bits per heavy atom. The average molecular weight is 281 g/mol. The van der Waals surface area contributed by atoms with E-state index in [-0.39, 0.29) is 0 Å². The first-order chi connectivity index (χ1) is 9.15. The predicted octanol–water partition coefficient (Wildman–Crippen LogP) is 3.52. The van der Waals surface area contributed by atoms with Gasteiger partial charge in [-0.2, -0.15) is 5.10 Å². The summed E-state index contributed by atoms with van der Waals surface area (Å²) in [4.78, 5) is 10.3. The number of carbonyl (C=O) groups excluding carboxylic acids is 1. The Morgan fingerprint density at radius 3 is 2.63 bits per heavy atom. The molecule has 0 saturated carbocycles. The molecule has 0 aliphatic carbocycles. The van der Waals surface area contributed by atoms with E-state index in [0.717, 1.165) is 22.1 Å². The number of thioether (sulfide) groups is 1. The van der Waals surface area contributed by atoms with Gasteiger partial charge in [-0.1, -0.05) is 25.5 Å². The number of nitrogens with zero attached hydrogens (tertiary/aromatic N) is 2. The van der Waals surface area contributed by atoms with Gasteiger partial charge in [0, 0.05) is 11.8 Å². The summed E-state index contributed by atoms with van der Waals surface area (Å²) in [7, 11) is 0. The Labute approximate surface area is 120 Å². The summed E-state index contributed by atoms with van der Waals surface area (Å²) in [6.07, 6.45) is 8.39. The van der Waals surface area contributed by atoms with E-state index in [1.807, 2.05) is 32.9 Å². The standard InChI is InChI=1S/C14H23N3OS/c1-5-7-9-19-13(4)17-16-12(3)14(8-6-2)10-15-11-18/h6,8,10-11H,5,7,9H2,1-4H3,(H,15,18)/b8-6-,14-10+,16-12+,17-13+. The third-order valence-corrected chi connectivity index (χ3v) is 3.21. The molecule has 0 unspecified atom stereocenters. The fourth-order valence-corrected chi connectivity index (χ4v) is 2.00. The lowest BCUT2D eigenvalue weighted by molar-refractivity contribution is -0.108. The van der Waals surface area contributed by atoms with Gasteiger partial charge in [0.15, 0.2) is 0 Å². The second-order valence-corrected chi connectivity index (χ2v) is 5.18. The molecule has 0 saturated heterocycles. The van der Waals surface area contributed by atoms with Crippen molar-refractivity contribution in [3.05, 3.63) is 23.9 Å². The van der Waals surface area contributed by atoms with Crippen LogP contribution < -0.4 is 5.32 Å². The molecular weight excluding hydrogens is 258 g/mol. The van der Waals surface area contributed by atoms with Crippen LogP contribution in [0.4, 0.5) is 0 Å². The van der Waals surface area contributed by atoms with Gasteiger partial charge in [-0.15, -0.1) is 16.9 Å². The lowest BCUT2D eigenvalue weighted by Crippen LogP contribution is -2.05. The van der Waals surface area contributed by atoms with Crippen molar-refractivity contribution in [3.8, 4) is 0 Å². The molecule has 0 spiro atoms. The molecule has 0 bridgehead atoms. The summed E-state index contributed by atoms with van der Waals surface area (Å²) < 4.78 is 0. The highest BCUT2D eigenvalue weighted by Crippen LogP contribution is 2.08. The van der Waals surface area contributed by atoms with E-state index in [0.29, 0.717) is 6.41 Å². The first-order valence-electron chi connectivity index (χ1n) is 6.40. The molecule has 0 fully saturated rings. The second-order valence-electron chi connectivity index (χ2n) is 3.89. The van der Waals surface area contributed by atoms with E-state index in [1.54, 1.807) is 18.0 Å². The molecule has 0 aromatic rings. The first-order valence-corrected chi connectivity index (χ1v) is 7.38. The molecule has 0 heterocycles. The lowest BCUT2D eigenvalue weighted by atomic mass is 10.2. The summed E-state index contributed by atoms with van der Waals surface area (Å²) in [5, 5.41) is 11.8. The fourth-order valence-electron chi connectivity index (χ4n) is 1.17. The van der Waals surface area contributed by atoms with E-state index in [2.05, 4.69) is 22.4 Å². The average Bonchev–Trinajstić information content (AvgIpc) is 2.41. The van der Waals surface area contributed by atoms with Crippen LogP contribution in [-0.2, 0) is 4.79 Å². The third-order valence-electron chi connectivity index (χ3n) is 2.22. The van der Waals surface area contributed by atoms with Gasteiger partial charge in [0.1, 0.15) is 0 Å². The van der Waals surface area contributed by atoms with E-state index in [1.165, 1.54) is 12.8 Å². The minimum Gasteiger partial charge on any atom is -0.335 e. The summed E-state index contributed by atoms with van der Waals surface area (Å²) in [6.45, 7) is 7.91. The number of carbonyl (C=O) groups is 1. The number of hydrogen-bond donors (Lipinski definition) is 1. The molecule has 1 N–H and O–H groups in total. The Hall–Kier alpha value is -1.36. The van der Waals surface area contributed by atoms with Gasteiger partial charge in [-0.3, -0.25) is 4.79 Å². The summed E-state index contributed by atoms with van der Waals surface area (Å²) >= 11 is 1.72. The fraction of sp³-hybridized carbons (Fsp3) is 0.500. The molecule has 0 atom stereocenters. The van der Waals surface area contributed by atoms with Crippen molar-refractivity contribution < 1.29 is 4.79 Å². The largest absolute Gasteiger partial charge is 0.335 e. The SMILES string of the molecule is C\C=C/C(=C\NC=O)C(/C)=N/N=C(\C)SCCCC. The number of hydrogen-bond acceptors (Lipinski definition) is 4. The topological polar surface area (TPSA) is 53.8 Å². The molecule has 19 heavy (non-hydrogen) atoms. The summed E-state index contributed by atoms with van der Waals surface area (Å²) in [5.74, 6) is 1.07. The van der Waals surface area contributed by atoms with Crippen molar-refractivity contribution in [2.24, 2.45) is 10.2 Å². The maximum absolute atomic E-state index is 10.3. The Balaban J connectivity index is 4.65. The van der Waals surface area contributed by atoms with Crippen LogP contribution in [0, 0.1) is 0 Å². The molecule has 5 heteroatoms. The number of amides is 1. The number of unbranched alkanes of at least 4 members (excludes halogenated alkanes) is 1. The maximum atomic E-state index is 10.3. The molecular formula is C14H23N3OS. The van der Waals surface area contributed by atoms with E-state index >= 15 is 0 Å². The monoisotopic (exact) mass is 281 g/mol. The van der Waals surface area contributed by atoms with E-state index in [9.17, 15) is 4.79 Å². The maximum Gasteiger partial charge on any atom is 0.211 e. The van der Waals surface area contributed by atoms with Crippen LogP contribution >= 0.6 is 11.8 Å². The number of nitrogens with one attached hydrogen (secondary N) is 1. The Bertz CT molecular complexity index is 384. The molecule has 0 aromatic heterocycles. The molecule has 0 rings (SSSR count). The van der Waals surface area contributed by atoms with Crippen LogP contribution in [0.2, 0.25) is 0 Å². The van der Waals surface area contributed by atoms with Gasteiger partial charge in [-0.25, -0.2) is 0 Å². The minimum absolute atomic E-state index is 0.631. The van der Waals surface area contributed by atoms with E-state index in [4.69, 9.17) is 0 Å². The lowest BCUT2D eigenvalue weighted by Gasteiger charge is -2.00. The van der Waals surface area contributed by atoms with Gasteiger partial charge < -0.3 is 5.32 Å². The second kappa shape index (κ2) is 11.7. The molecule has 0 aromatic carbocycles. The van der Waals surface area contributed by atoms with Crippen molar-refractivity contribution in [2.75, 3.05) is 5.75 Å². The highest BCUT2D eigenvalue weighted by atomic mass is 32.2. The van der Waals surface area contributed by atoms with Gasteiger partial charge in [0.05, 0.1) is 10.8 Å². The normalized spacial score (nSPS) is 14.0. The molecule has 0 aliphatic rings. The van der Waals surface area contributed by atoms with Crippen molar-refractivity contribution in [1.82, 2.24) is 5.32 Å². The first kappa shape index (κ1) is 17.6. The predicted molar refractivity (Wildman–Crippen MR) is 85.7 cm³/mol. The highest BCUT2D eigenvalue weighted by molar-refractivity contribution is 8.13. The van der Waals surface area contributed by atoms with Crippen LogP contribution in [0.1, 0.15) is 40.5 Å². The Kier molecular flexibility index (Phi) is 10.9. The molecule has 106 valence electrons. The smallest absolute Gasteiger partial charge is 0.211 e. The van der Waals surface area contributed by atoms with Crippen molar-refractivity contribution >= 4 is 28.9 Å². The van der Waals surface area contributed by atoms with Gasteiger partial charge >= 0.3 is 0 Å². The third kappa shape index (κ3) is 9.25. The van der Waals surface area contributed by atoms with Gasteiger partial charge in [0.2, 0.25) is 6.41 Å². The molecule has 4 nitrogen and oxygen atoms in total. The zero-order valence-corrected chi connectivity index (χ0v) is 13.0. The zero-order valence-electron chi connectivity index (χ0n) is 12.1. The molecule has 1 amide bonds.